The zero-order chi connectivity index (χ0) is 14.4. The molecule has 1 N–H and O–H groups in total. The normalized spacial score (nSPS) is 10.8. The second kappa shape index (κ2) is 7.62. The Morgan fingerprint density at radius 2 is 2.20 bits per heavy atom. The van der Waals surface area contributed by atoms with Crippen LogP contribution in [0.4, 0.5) is 0 Å². The van der Waals surface area contributed by atoms with Crippen molar-refractivity contribution >= 4 is 22.9 Å². The summed E-state index contributed by atoms with van der Waals surface area (Å²) in [6.07, 6.45) is 0.963. The first-order chi connectivity index (χ1) is 9.72. The highest BCUT2D eigenvalue weighted by molar-refractivity contribution is 7.09. The number of nitrogens with zero attached hydrogens (tertiary/aromatic N) is 1. The maximum Gasteiger partial charge on any atom is 0.138 e. The van der Waals surface area contributed by atoms with Gasteiger partial charge in [-0.25, -0.2) is 4.98 Å². The molecule has 20 heavy (non-hydrogen) atoms. The van der Waals surface area contributed by atoms with Crippen molar-refractivity contribution < 1.29 is 4.74 Å². The topological polar surface area (TPSA) is 34.1 Å². The Morgan fingerprint density at radius 1 is 1.35 bits per heavy atom. The van der Waals surface area contributed by atoms with Gasteiger partial charge in [0.2, 0.25) is 0 Å². The molecule has 1 aromatic carbocycles. The molecule has 5 heteroatoms. The maximum atomic E-state index is 6.24. The predicted molar refractivity (Wildman–Crippen MR) is 84.7 cm³/mol. The number of aryl methyl sites for hydroxylation is 1. The Hall–Kier alpha value is -1.10. The number of nitrogens with one attached hydrogen (secondary N) is 1. The van der Waals surface area contributed by atoms with Crippen LogP contribution in [0.3, 0.4) is 0 Å². The van der Waals surface area contributed by atoms with Gasteiger partial charge in [-0.3, -0.25) is 0 Å². The summed E-state index contributed by atoms with van der Waals surface area (Å²) in [7, 11) is 0. The van der Waals surface area contributed by atoms with Crippen molar-refractivity contribution in [3.05, 3.63) is 44.9 Å². The molecular formula is C15H19ClN2OS. The Morgan fingerprint density at radius 3 is 2.85 bits per heavy atom. The molecule has 3 nitrogen and oxygen atoms in total. The average molecular weight is 311 g/mol. The smallest absolute Gasteiger partial charge is 0.138 e. The minimum absolute atomic E-state index is 0.461. The lowest BCUT2D eigenvalue weighted by Crippen LogP contribution is -2.11. The van der Waals surface area contributed by atoms with E-state index in [-0.39, 0.29) is 0 Å². The minimum atomic E-state index is 0.461. The monoisotopic (exact) mass is 310 g/mol. The third-order valence-corrected chi connectivity index (χ3v) is 4.19. The number of halogens is 1. The fraction of sp³-hybridized carbons (Fsp3) is 0.400. The first-order valence-electron chi connectivity index (χ1n) is 6.78. The molecule has 0 atom stereocenters. The highest BCUT2D eigenvalue weighted by Gasteiger charge is 2.05. The van der Waals surface area contributed by atoms with E-state index in [2.05, 4.69) is 24.1 Å². The quantitative estimate of drug-likeness (QED) is 0.838. The van der Waals surface area contributed by atoms with Gasteiger partial charge in [0.15, 0.2) is 0 Å². The molecule has 0 radical (unpaired) electrons. The summed E-state index contributed by atoms with van der Waals surface area (Å²) in [4.78, 5) is 4.47. The van der Waals surface area contributed by atoms with E-state index < -0.39 is 0 Å². The van der Waals surface area contributed by atoms with Crippen LogP contribution in [0.5, 0.6) is 5.75 Å². The molecule has 0 aliphatic carbocycles. The number of benzene rings is 1. The highest BCUT2D eigenvalue weighted by atomic mass is 35.5. The van der Waals surface area contributed by atoms with Gasteiger partial charge in [-0.05, 0) is 30.7 Å². The Kier molecular flexibility index (Phi) is 5.83. The number of aromatic nitrogens is 1. The third kappa shape index (κ3) is 4.20. The number of thiazole rings is 1. The number of hydrogen-bond acceptors (Lipinski definition) is 4. The van der Waals surface area contributed by atoms with Gasteiger partial charge in [-0.15, -0.1) is 11.3 Å². The van der Waals surface area contributed by atoms with Crippen LogP contribution in [0, 0.1) is 0 Å². The SMILES string of the molecule is CCNCc1ccc(OCc2csc(CC)n2)c(Cl)c1. The van der Waals surface area contributed by atoms with Crippen molar-refractivity contribution in [2.75, 3.05) is 6.54 Å². The summed E-state index contributed by atoms with van der Waals surface area (Å²) in [6.45, 7) is 6.41. The molecule has 1 heterocycles. The van der Waals surface area contributed by atoms with E-state index in [4.69, 9.17) is 16.3 Å². The average Bonchev–Trinajstić information content (AvgIpc) is 2.92. The van der Waals surface area contributed by atoms with Crippen LogP contribution >= 0.6 is 22.9 Å². The van der Waals surface area contributed by atoms with Crippen LogP contribution in [-0.4, -0.2) is 11.5 Å². The van der Waals surface area contributed by atoms with Crippen LogP contribution in [-0.2, 0) is 19.6 Å². The van der Waals surface area contributed by atoms with Gasteiger partial charge in [0.1, 0.15) is 12.4 Å². The van der Waals surface area contributed by atoms with Crippen molar-refractivity contribution in [3.8, 4) is 5.75 Å². The Balaban J connectivity index is 1.95. The molecule has 0 aliphatic rings. The fourth-order valence-electron chi connectivity index (χ4n) is 1.77. The first-order valence-corrected chi connectivity index (χ1v) is 8.04. The second-order valence-electron chi connectivity index (χ2n) is 4.42. The maximum absolute atomic E-state index is 6.24. The molecule has 0 bridgehead atoms. The Bertz CT molecular complexity index is 557. The Labute approximate surface area is 129 Å². The van der Waals surface area contributed by atoms with Gasteiger partial charge in [0, 0.05) is 11.9 Å². The largest absolute Gasteiger partial charge is 0.486 e. The number of hydrogen-bond donors (Lipinski definition) is 1. The minimum Gasteiger partial charge on any atom is -0.486 e. The van der Waals surface area contributed by atoms with E-state index in [1.807, 2.05) is 23.6 Å². The number of rotatable bonds is 7. The van der Waals surface area contributed by atoms with Gasteiger partial charge >= 0.3 is 0 Å². The van der Waals surface area contributed by atoms with Crippen LogP contribution in [0.2, 0.25) is 5.02 Å². The van der Waals surface area contributed by atoms with Crippen molar-refractivity contribution in [1.29, 1.82) is 0 Å². The van der Waals surface area contributed by atoms with Gasteiger partial charge in [-0.2, -0.15) is 0 Å². The molecule has 0 saturated heterocycles. The van der Waals surface area contributed by atoms with Crippen molar-refractivity contribution in [3.63, 3.8) is 0 Å². The molecule has 0 aliphatic heterocycles. The van der Waals surface area contributed by atoms with E-state index in [9.17, 15) is 0 Å². The summed E-state index contributed by atoms with van der Waals surface area (Å²) in [5, 5.41) is 7.08. The van der Waals surface area contributed by atoms with Crippen LogP contribution < -0.4 is 10.1 Å². The zero-order valence-corrected chi connectivity index (χ0v) is 13.4. The molecular weight excluding hydrogens is 292 g/mol. The van der Waals surface area contributed by atoms with Gasteiger partial charge in [0.25, 0.3) is 0 Å². The molecule has 0 fully saturated rings. The summed E-state index contributed by atoms with van der Waals surface area (Å²) in [5.74, 6) is 0.706. The van der Waals surface area contributed by atoms with Crippen molar-refractivity contribution in [1.82, 2.24) is 10.3 Å². The van der Waals surface area contributed by atoms with Crippen molar-refractivity contribution in [2.45, 2.75) is 33.4 Å². The van der Waals surface area contributed by atoms with Gasteiger partial charge < -0.3 is 10.1 Å². The van der Waals surface area contributed by atoms with Crippen LogP contribution in [0.1, 0.15) is 30.1 Å². The molecule has 0 saturated carbocycles. The molecule has 0 spiro atoms. The third-order valence-electron chi connectivity index (χ3n) is 2.85. The number of ether oxygens (including phenoxy) is 1. The molecule has 0 amide bonds. The molecule has 2 aromatic rings. The van der Waals surface area contributed by atoms with Gasteiger partial charge in [0.05, 0.1) is 15.7 Å². The fourth-order valence-corrected chi connectivity index (χ4v) is 2.76. The molecule has 2 rings (SSSR count). The van der Waals surface area contributed by atoms with E-state index in [1.165, 1.54) is 0 Å². The first kappa shape index (κ1) is 15.3. The lowest BCUT2D eigenvalue weighted by molar-refractivity contribution is 0.302. The highest BCUT2D eigenvalue weighted by Crippen LogP contribution is 2.26. The standard InChI is InChI=1S/C15H19ClN2OS/c1-3-15-18-12(10-20-15)9-19-14-6-5-11(7-13(14)16)8-17-4-2/h5-7,10,17H,3-4,8-9H2,1-2H3. The van der Waals surface area contributed by atoms with E-state index in [0.717, 1.165) is 35.8 Å². The van der Waals surface area contributed by atoms with E-state index in [0.29, 0.717) is 17.4 Å². The predicted octanol–water partition coefficient (Wildman–Crippen LogP) is 4.05. The van der Waals surface area contributed by atoms with Crippen molar-refractivity contribution in [2.24, 2.45) is 0 Å². The summed E-state index contributed by atoms with van der Waals surface area (Å²) >= 11 is 7.90. The van der Waals surface area contributed by atoms with Crippen LogP contribution in [0.25, 0.3) is 0 Å². The summed E-state index contributed by atoms with van der Waals surface area (Å²) < 4.78 is 5.73. The lowest BCUT2D eigenvalue weighted by Gasteiger charge is -2.09. The lowest BCUT2D eigenvalue weighted by atomic mass is 10.2. The molecule has 108 valence electrons. The van der Waals surface area contributed by atoms with E-state index in [1.54, 1.807) is 11.3 Å². The van der Waals surface area contributed by atoms with Crippen LogP contribution in [0.15, 0.2) is 23.6 Å². The van der Waals surface area contributed by atoms with E-state index >= 15 is 0 Å². The molecule has 0 unspecified atom stereocenters. The molecule has 1 aromatic heterocycles. The van der Waals surface area contributed by atoms with Gasteiger partial charge in [-0.1, -0.05) is 31.5 Å². The summed E-state index contributed by atoms with van der Waals surface area (Å²) in [5.41, 5.74) is 2.12. The zero-order valence-electron chi connectivity index (χ0n) is 11.8. The summed E-state index contributed by atoms with van der Waals surface area (Å²) in [6, 6.07) is 5.89. The second-order valence-corrected chi connectivity index (χ2v) is 5.77.